The van der Waals surface area contributed by atoms with Crippen molar-refractivity contribution in [2.24, 2.45) is 17.8 Å². The van der Waals surface area contributed by atoms with E-state index in [0.29, 0.717) is 5.92 Å². The van der Waals surface area contributed by atoms with Gasteiger partial charge >= 0.3 is 0 Å². The van der Waals surface area contributed by atoms with Crippen LogP contribution in [0, 0.1) is 17.8 Å². The Kier molecular flexibility index (Phi) is 3.14. The summed E-state index contributed by atoms with van der Waals surface area (Å²) in [6.07, 6.45) is 4.00. The quantitative estimate of drug-likeness (QED) is 0.766. The minimum atomic E-state index is 0.0682. The van der Waals surface area contributed by atoms with Crippen molar-refractivity contribution in [1.29, 1.82) is 0 Å². The lowest BCUT2D eigenvalue weighted by Gasteiger charge is -2.21. The highest BCUT2D eigenvalue weighted by atomic mass is 35.5. The van der Waals surface area contributed by atoms with Crippen LogP contribution in [0.25, 0.3) is 0 Å². The Balaban J connectivity index is 1.81. The summed E-state index contributed by atoms with van der Waals surface area (Å²) in [6, 6.07) is 5.92. The minimum absolute atomic E-state index is 0.0682. The number of rotatable bonds is 4. The lowest BCUT2D eigenvalue weighted by atomic mass is 9.93. The second-order valence-electron chi connectivity index (χ2n) is 5.50. The third-order valence-corrected chi connectivity index (χ3v) is 5.02. The fourth-order valence-electron chi connectivity index (χ4n) is 3.30. The van der Waals surface area contributed by atoms with Crippen molar-refractivity contribution >= 4 is 11.6 Å². The van der Waals surface area contributed by atoms with E-state index in [0.717, 1.165) is 28.9 Å². The van der Waals surface area contributed by atoms with Crippen LogP contribution in [0.5, 0.6) is 11.5 Å². The average molecular weight is 267 g/mol. The number of halogens is 1. The van der Waals surface area contributed by atoms with Gasteiger partial charge in [0.2, 0.25) is 0 Å². The van der Waals surface area contributed by atoms with E-state index < -0.39 is 0 Å². The van der Waals surface area contributed by atoms with Gasteiger partial charge < -0.3 is 9.47 Å². The molecule has 0 bridgehead atoms. The highest BCUT2D eigenvalue weighted by molar-refractivity contribution is 6.21. The zero-order valence-corrected chi connectivity index (χ0v) is 11.6. The molecule has 2 aliphatic carbocycles. The van der Waals surface area contributed by atoms with Crippen molar-refractivity contribution in [3.8, 4) is 11.5 Å². The Morgan fingerprint density at radius 1 is 1.11 bits per heavy atom. The number of hydrogen-bond donors (Lipinski definition) is 0. The average Bonchev–Trinajstić information content (AvgIpc) is 3.03. The summed E-state index contributed by atoms with van der Waals surface area (Å²) in [6.45, 7) is 0. The van der Waals surface area contributed by atoms with Gasteiger partial charge in [0.1, 0.15) is 11.5 Å². The predicted octanol–water partition coefficient (Wildman–Crippen LogP) is 4.03. The first-order valence-corrected chi connectivity index (χ1v) is 7.02. The smallest absolute Gasteiger partial charge is 0.127 e. The highest BCUT2D eigenvalue weighted by Gasteiger charge is 2.48. The number of ether oxygens (including phenoxy) is 2. The molecule has 98 valence electrons. The summed E-state index contributed by atoms with van der Waals surface area (Å²) < 4.78 is 10.7. The van der Waals surface area contributed by atoms with Crippen molar-refractivity contribution in [2.45, 2.75) is 24.6 Å². The van der Waals surface area contributed by atoms with E-state index in [1.165, 1.54) is 19.3 Å². The van der Waals surface area contributed by atoms with Gasteiger partial charge in [-0.2, -0.15) is 0 Å². The molecule has 3 atom stereocenters. The molecule has 2 nitrogen and oxygen atoms in total. The molecule has 0 saturated heterocycles. The van der Waals surface area contributed by atoms with Crippen LogP contribution >= 0.6 is 11.6 Å². The Hall–Kier alpha value is -0.890. The van der Waals surface area contributed by atoms with Gasteiger partial charge in [0.25, 0.3) is 0 Å². The standard InChI is InChI=1S/C15H19ClO2/c1-17-12-3-4-13(14(8-12)18-2)15(16)11-6-9-5-10(9)7-11/h3-4,8-11,15H,5-7H2,1-2H3. The molecule has 3 heteroatoms. The topological polar surface area (TPSA) is 18.5 Å². The molecule has 1 aromatic rings. The van der Waals surface area contributed by atoms with Crippen molar-refractivity contribution in [2.75, 3.05) is 14.2 Å². The first kappa shape index (κ1) is 12.2. The second-order valence-corrected chi connectivity index (χ2v) is 5.97. The summed E-state index contributed by atoms with van der Waals surface area (Å²) in [4.78, 5) is 0. The van der Waals surface area contributed by atoms with Gasteiger partial charge in [0.15, 0.2) is 0 Å². The van der Waals surface area contributed by atoms with Crippen LogP contribution in [0.3, 0.4) is 0 Å². The molecule has 3 rings (SSSR count). The van der Waals surface area contributed by atoms with E-state index in [2.05, 4.69) is 0 Å². The molecule has 0 N–H and O–H groups in total. The normalized spacial score (nSPS) is 30.7. The van der Waals surface area contributed by atoms with Gasteiger partial charge in [0, 0.05) is 11.6 Å². The number of benzene rings is 1. The summed E-state index contributed by atoms with van der Waals surface area (Å²) >= 11 is 6.66. The van der Waals surface area contributed by atoms with Gasteiger partial charge in [-0.3, -0.25) is 0 Å². The SMILES string of the molecule is COc1ccc(C(Cl)C2CC3CC3C2)c(OC)c1. The van der Waals surface area contributed by atoms with Crippen molar-refractivity contribution in [3.63, 3.8) is 0 Å². The fourth-order valence-corrected chi connectivity index (χ4v) is 3.69. The molecule has 0 amide bonds. The molecular formula is C15H19ClO2. The zero-order chi connectivity index (χ0) is 12.7. The maximum atomic E-state index is 6.66. The molecule has 0 heterocycles. The Morgan fingerprint density at radius 2 is 1.83 bits per heavy atom. The Morgan fingerprint density at radius 3 is 2.44 bits per heavy atom. The largest absolute Gasteiger partial charge is 0.497 e. The molecule has 18 heavy (non-hydrogen) atoms. The van der Waals surface area contributed by atoms with E-state index in [1.54, 1.807) is 14.2 Å². The van der Waals surface area contributed by atoms with E-state index in [9.17, 15) is 0 Å². The third-order valence-electron chi connectivity index (χ3n) is 4.43. The minimum Gasteiger partial charge on any atom is -0.497 e. The molecule has 1 aromatic carbocycles. The van der Waals surface area contributed by atoms with Crippen molar-refractivity contribution in [1.82, 2.24) is 0 Å². The van der Waals surface area contributed by atoms with E-state index in [4.69, 9.17) is 21.1 Å². The molecule has 0 radical (unpaired) electrons. The Bertz CT molecular complexity index is 436. The van der Waals surface area contributed by atoms with Gasteiger partial charge in [-0.25, -0.2) is 0 Å². The van der Waals surface area contributed by atoms with E-state index in [1.807, 2.05) is 18.2 Å². The molecule has 0 aromatic heterocycles. The third kappa shape index (κ3) is 2.07. The van der Waals surface area contributed by atoms with Crippen molar-refractivity contribution < 1.29 is 9.47 Å². The van der Waals surface area contributed by atoms with Gasteiger partial charge in [-0.15, -0.1) is 11.6 Å². The monoisotopic (exact) mass is 266 g/mol. The van der Waals surface area contributed by atoms with Gasteiger partial charge in [-0.1, -0.05) is 6.07 Å². The van der Waals surface area contributed by atoms with Crippen LogP contribution in [-0.2, 0) is 0 Å². The van der Waals surface area contributed by atoms with Crippen LogP contribution in [-0.4, -0.2) is 14.2 Å². The summed E-state index contributed by atoms with van der Waals surface area (Å²) in [5, 5.41) is 0.0682. The molecular weight excluding hydrogens is 248 g/mol. The predicted molar refractivity (Wildman–Crippen MR) is 72.5 cm³/mol. The summed E-state index contributed by atoms with van der Waals surface area (Å²) in [5.74, 6) is 4.18. The zero-order valence-electron chi connectivity index (χ0n) is 10.9. The number of hydrogen-bond acceptors (Lipinski definition) is 2. The first-order chi connectivity index (χ1) is 8.72. The number of fused-ring (bicyclic) bond motifs is 1. The lowest BCUT2D eigenvalue weighted by molar-refractivity contribution is 0.384. The van der Waals surface area contributed by atoms with E-state index in [-0.39, 0.29) is 5.38 Å². The van der Waals surface area contributed by atoms with Crippen LogP contribution in [0.2, 0.25) is 0 Å². The van der Waals surface area contributed by atoms with E-state index >= 15 is 0 Å². The van der Waals surface area contributed by atoms with Gasteiger partial charge in [0.05, 0.1) is 19.6 Å². The van der Waals surface area contributed by atoms with Crippen LogP contribution in [0.4, 0.5) is 0 Å². The van der Waals surface area contributed by atoms with Gasteiger partial charge in [-0.05, 0) is 43.1 Å². The molecule has 2 saturated carbocycles. The lowest BCUT2D eigenvalue weighted by Crippen LogP contribution is -2.07. The van der Waals surface area contributed by atoms with Crippen molar-refractivity contribution in [3.05, 3.63) is 23.8 Å². The first-order valence-electron chi connectivity index (χ1n) is 6.59. The van der Waals surface area contributed by atoms with Crippen LogP contribution in [0.15, 0.2) is 18.2 Å². The second kappa shape index (κ2) is 4.65. The summed E-state index contributed by atoms with van der Waals surface area (Å²) in [7, 11) is 3.35. The maximum Gasteiger partial charge on any atom is 0.127 e. The maximum absolute atomic E-state index is 6.66. The number of methoxy groups -OCH3 is 2. The molecule has 2 aliphatic rings. The Labute approximate surface area is 113 Å². The molecule has 3 unspecified atom stereocenters. The highest BCUT2D eigenvalue weighted by Crippen LogP contribution is 2.58. The summed E-state index contributed by atoms with van der Waals surface area (Å²) in [5.41, 5.74) is 1.10. The number of alkyl halides is 1. The molecule has 0 spiro atoms. The molecule has 0 aliphatic heterocycles. The molecule has 2 fully saturated rings. The fraction of sp³-hybridized carbons (Fsp3) is 0.600. The van der Waals surface area contributed by atoms with Crippen LogP contribution < -0.4 is 9.47 Å². The van der Waals surface area contributed by atoms with Crippen LogP contribution in [0.1, 0.15) is 30.2 Å².